The molecule has 2 heterocycles. The molecule has 0 atom stereocenters. The number of halogens is 2. The fourth-order valence-corrected chi connectivity index (χ4v) is 2.57. The van der Waals surface area contributed by atoms with Gasteiger partial charge in [0.25, 0.3) is 0 Å². The Kier molecular flexibility index (Phi) is 4.40. The Morgan fingerprint density at radius 2 is 2.22 bits per heavy atom. The number of carbonyl (C=O) groups excluding carboxylic acids is 1. The molecule has 1 saturated heterocycles. The summed E-state index contributed by atoms with van der Waals surface area (Å²) in [5.41, 5.74) is 0. The van der Waals surface area contributed by atoms with Gasteiger partial charge in [-0.25, -0.2) is 4.98 Å². The van der Waals surface area contributed by atoms with Crippen LogP contribution in [0.5, 0.6) is 0 Å². The van der Waals surface area contributed by atoms with Gasteiger partial charge in [0.15, 0.2) is 0 Å². The Hall–Kier alpha value is -0.880. The van der Waals surface area contributed by atoms with E-state index in [2.05, 4.69) is 25.9 Å². The lowest BCUT2D eigenvalue weighted by Crippen LogP contribution is -2.37. The molecule has 7 heteroatoms. The fourth-order valence-electron chi connectivity index (χ4n) is 1.95. The van der Waals surface area contributed by atoms with Gasteiger partial charge in [0, 0.05) is 26.3 Å². The normalized spacial score (nSPS) is 14.9. The lowest BCUT2D eigenvalue weighted by atomic mass is 10.4. The largest absolute Gasteiger partial charge is 0.349 e. The highest BCUT2D eigenvalue weighted by molar-refractivity contribution is 9.10. The zero-order valence-corrected chi connectivity index (χ0v) is 12.4. The molecule has 0 spiro atoms. The second-order valence-corrected chi connectivity index (χ2v) is 5.45. The van der Waals surface area contributed by atoms with Crippen LogP contribution < -0.4 is 4.90 Å². The van der Waals surface area contributed by atoms with Crippen LogP contribution in [0.4, 0.5) is 5.82 Å². The number of hydrogen-bond donors (Lipinski definition) is 0. The summed E-state index contributed by atoms with van der Waals surface area (Å²) in [5.74, 6) is 0.749. The van der Waals surface area contributed by atoms with E-state index in [4.69, 9.17) is 11.6 Å². The number of hydrogen-bond acceptors (Lipinski definition) is 4. The molecule has 0 bridgehead atoms. The van der Waals surface area contributed by atoms with Gasteiger partial charge in [-0.05, 0) is 40.4 Å². The van der Waals surface area contributed by atoms with E-state index in [-0.39, 0.29) is 11.2 Å². The quantitative estimate of drug-likeness (QED) is 0.793. The summed E-state index contributed by atoms with van der Waals surface area (Å²) in [7, 11) is 1.82. The minimum atomic E-state index is 0.122. The van der Waals surface area contributed by atoms with Crippen LogP contribution in [0.25, 0.3) is 0 Å². The zero-order valence-electron chi connectivity index (χ0n) is 10.1. The molecule has 0 N–H and O–H groups in total. The van der Waals surface area contributed by atoms with Crippen molar-refractivity contribution in [2.24, 2.45) is 0 Å². The van der Waals surface area contributed by atoms with Gasteiger partial charge in [-0.15, -0.1) is 0 Å². The Labute approximate surface area is 119 Å². The van der Waals surface area contributed by atoms with Crippen molar-refractivity contribution in [3.05, 3.63) is 16.0 Å². The van der Waals surface area contributed by atoms with Crippen molar-refractivity contribution in [2.45, 2.75) is 12.8 Å². The maximum Gasteiger partial charge on any atom is 0.242 e. The van der Waals surface area contributed by atoms with Crippen LogP contribution in [0.15, 0.2) is 10.7 Å². The Morgan fingerprint density at radius 3 is 2.89 bits per heavy atom. The van der Waals surface area contributed by atoms with Gasteiger partial charge in [-0.2, -0.15) is 4.98 Å². The molecule has 1 amide bonds. The van der Waals surface area contributed by atoms with Crippen molar-refractivity contribution < 1.29 is 4.79 Å². The first-order chi connectivity index (χ1) is 8.58. The minimum absolute atomic E-state index is 0.122. The Bertz CT molecular complexity index is 451. The molecule has 0 unspecified atom stereocenters. The monoisotopic (exact) mass is 332 g/mol. The van der Waals surface area contributed by atoms with Crippen molar-refractivity contribution in [1.29, 1.82) is 0 Å². The number of nitrogens with zero attached hydrogens (tertiary/aromatic N) is 4. The second kappa shape index (κ2) is 5.84. The third-order valence-corrected chi connectivity index (χ3v) is 3.63. The van der Waals surface area contributed by atoms with Crippen LogP contribution in [-0.2, 0) is 4.79 Å². The molecule has 0 aliphatic carbocycles. The molecule has 0 radical (unpaired) electrons. The number of amides is 1. The predicted molar refractivity (Wildman–Crippen MR) is 73.8 cm³/mol. The third kappa shape index (κ3) is 3.11. The molecule has 98 valence electrons. The van der Waals surface area contributed by atoms with Crippen LogP contribution in [-0.4, -0.2) is 47.5 Å². The molecule has 5 nitrogen and oxygen atoms in total. The smallest absolute Gasteiger partial charge is 0.242 e. The lowest BCUT2D eigenvalue weighted by Gasteiger charge is -2.22. The first-order valence-corrected chi connectivity index (χ1v) is 6.92. The molecule has 1 aromatic heterocycles. The molecule has 1 aliphatic heterocycles. The van der Waals surface area contributed by atoms with Crippen molar-refractivity contribution in [2.75, 3.05) is 31.6 Å². The van der Waals surface area contributed by atoms with Gasteiger partial charge < -0.3 is 9.80 Å². The highest BCUT2D eigenvalue weighted by Crippen LogP contribution is 2.23. The summed E-state index contributed by atoms with van der Waals surface area (Å²) in [5, 5.41) is 0.175. The third-order valence-electron chi connectivity index (χ3n) is 2.89. The minimum Gasteiger partial charge on any atom is -0.349 e. The maximum absolute atomic E-state index is 12.0. The van der Waals surface area contributed by atoms with E-state index in [1.165, 1.54) is 0 Å². The molecule has 1 fully saturated rings. The van der Waals surface area contributed by atoms with E-state index >= 15 is 0 Å². The van der Waals surface area contributed by atoms with E-state index in [1.54, 1.807) is 11.1 Å². The number of anilines is 1. The average Bonchev–Trinajstić information content (AvgIpc) is 2.85. The molecule has 1 aromatic rings. The van der Waals surface area contributed by atoms with Crippen molar-refractivity contribution in [3.63, 3.8) is 0 Å². The molecule has 1 aliphatic rings. The van der Waals surface area contributed by atoms with Gasteiger partial charge in [0.1, 0.15) is 5.82 Å². The molecule has 2 rings (SSSR count). The lowest BCUT2D eigenvalue weighted by molar-refractivity contribution is -0.128. The number of carbonyl (C=O) groups is 1. The van der Waals surface area contributed by atoms with Crippen LogP contribution in [0.3, 0.4) is 0 Å². The fraction of sp³-hybridized carbons (Fsp3) is 0.545. The first kappa shape index (κ1) is 13.5. The van der Waals surface area contributed by atoms with Gasteiger partial charge >= 0.3 is 0 Å². The first-order valence-electron chi connectivity index (χ1n) is 5.75. The highest BCUT2D eigenvalue weighted by atomic mass is 79.9. The average molecular weight is 334 g/mol. The number of likely N-dealkylation sites (tertiary alicyclic amines) is 1. The van der Waals surface area contributed by atoms with Gasteiger partial charge in [-0.1, -0.05) is 0 Å². The molecular weight excluding hydrogens is 320 g/mol. The molecule has 0 saturated carbocycles. The summed E-state index contributed by atoms with van der Waals surface area (Å²) in [6.45, 7) is 2.02. The van der Waals surface area contributed by atoms with Crippen molar-refractivity contribution in [3.8, 4) is 0 Å². The molecule has 0 aromatic carbocycles. The van der Waals surface area contributed by atoms with Crippen LogP contribution in [0.2, 0.25) is 5.28 Å². The van der Waals surface area contributed by atoms with E-state index in [0.717, 1.165) is 30.4 Å². The topological polar surface area (TPSA) is 49.3 Å². The van der Waals surface area contributed by atoms with Crippen molar-refractivity contribution in [1.82, 2.24) is 14.9 Å². The Morgan fingerprint density at radius 1 is 1.56 bits per heavy atom. The van der Waals surface area contributed by atoms with Crippen LogP contribution in [0, 0.1) is 0 Å². The van der Waals surface area contributed by atoms with E-state index in [9.17, 15) is 4.79 Å². The second-order valence-electron chi connectivity index (χ2n) is 4.25. The van der Waals surface area contributed by atoms with Gasteiger partial charge in [-0.3, -0.25) is 4.79 Å². The number of rotatable bonds is 3. The van der Waals surface area contributed by atoms with Gasteiger partial charge in [0.05, 0.1) is 11.0 Å². The highest BCUT2D eigenvalue weighted by Gasteiger charge is 2.20. The summed E-state index contributed by atoms with van der Waals surface area (Å²) in [6, 6.07) is 0. The SMILES string of the molecule is CN(CC(=O)N1CCCC1)c1nc(Cl)ncc1Br. The molecule has 18 heavy (non-hydrogen) atoms. The standard InChI is InChI=1S/C11H14BrClN4O/c1-16(7-9(18)17-4-2-3-5-17)10-8(12)6-14-11(13)15-10/h6H,2-5,7H2,1H3. The zero-order chi connectivity index (χ0) is 13.1. The van der Waals surface area contributed by atoms with E-state index < -0.39 is 0 Å². The summed E-state index contributed by atoms with van der Waals surface area (Å²) in [4.78, 5) is 23.7. The van der Waals surface area contributed by atoms with E-state index in [1.807, 2.05) is 11.9 Å². The number of likely N-dealkylation sites (N-methyl/N-ethyl adjacent to an activating group) is 1. The summed E-state index contributed by atoms with van der Waals surface area (Å²) in [6.07, 6.45) is 3.78. The number of aromatic nitrogens is 2. The van der Waals surface area contributed by atoms with Crippen LogP contribution in [0.1, 0.15) is 12.8 Å². The Balaban J connectivity index is 2.04. The maximum atomic E-state index is 12.0. The van der Waals surface area contributed by atoms with E-state index in [0.29, 0.717) is 12.4 Å². The predicted octanol–water partition coefficient (Wildman–Crippen LogP) is 1.95. The summed E-state index contributed by atoms with van der Waals surface area (Å²) >= 11 is 9.11. The molecular formula is C11H14BrClN4O. The van der Waals surface area contributed by atoms with Gasteiger partial charge in [0.2, 0.25) is 11.2 Å². The van der Waals surface area contributed by atoms with Crippen molar-refractivity contribution >= 4 is 39.3 Å². The summed E-state index contributed by atoms with van der Waals surface area (Å²) < 4.78 is 0.726. The van der Waals surface area contributed by atoms with Crippen LogP contribution >= 0.6 is 27.5 Å².